The number of nitrogens with one attached hydrogen (secondary N) is 1. The van der Waals surface area contributed by atoms with E-state index in [0.717, 1.165) is 5.56 Å². The zero-order chi connectivity index (χ0) is 10.4. The van der Waals surface area contributed by atoms with E-state index in [-0.39, 0.29) is 0 Å². The number of benzene rings is 1. The first-order valence-corrected chi connectivity index (χ1v) is 4.23. The summed E-state index contributed by atoms with van der Waals surface area (Å²) in [6, 6.07) is 7.04. The molecule has 74 valence electrons. The average Bonchev–Trinajstić information content (AvgIpc) is 2.21. The predicted octanol–water partition coefficient (Wildman–Crippen LogP) is 2.03. The lowest BCUT2D eigenvalue weighted by Crippen LogP contribution is -2.16. The minimum atomic E-state index is -0.602. The van der Waals surface area contributed by atoms with Gasteiger partial charge in [-0.3, -0.25) is 0 Å². The van der Waals surface area contributed by atoms with Crippen molar-refractivity contribution in [2.75, 3.05) is 7.11 Å². The van der Waals surface area contributed by atoms with Crippen LogP contribution in [0.25, 0.3) is 0 Å². The van der Waals surface area contributed by atoms with E-state index in [4.69, 9.17) is 11.6 Å². The van der Waals surface area contributed by atoms with Crippen LogP contribution in [0.1, 0.15) is 5.56 Å². The molecule has 4 nitrogen and oxygen atoms in total. The third-order valence-electron chi connectivity index (χ3n) is 1.42. The molecule has 14 heavy (non-hydrogen) atoms. The highest BCUT2D eigenvalue weighted by Gasteiger charge is 1.92. The summed E-state index contributed by atoms with van der Waals surface area (Å²) in [5.74, 6) is 0. The normalized spacial score (nSPS) is 10.1. The molecular weight excluding hydrogens is 204 g/mol. The van der Waals surface area contributed by atoms with Crippen molar-refractivity contribution in [2.24, 2.45) is 5.10 Å². The molecule has 1 amide bonds. The van der Waals surface area contributed by atoms with Crippen LogP contribution in [0.4, 0.5) is 4.79 Å². The smallest absolute Gasteiger partial charge is 0.427 e. The van der Waals surface area contributed by atoms with Crippen molar-refractivity contribution in [3.8, 4) is 0 Å². The first kappa shape index (κ1) is 10.5. The number of halogens is 1. The Bertz CT molecular complexity index is 335. The maximum atomic E-state index is 10.6. The number of nitrogens with zero attached hydrogens (tertiary/aromatic N) is 1. The molecule has 0 aliphatic rings. The first-order chi connectivity index (χ1) is 6.72. The van der Waals surface area contributed by atoms with Gasteiger partial charge in [-0.25, -0.2) is 10.2 Å². The minimum absolute atomic E-state index is 0.602. The van der Waals surface area contributed by atoms with Crippen LogP contribution in [-0.2, 0) is 4.74 Å². The van der Waals surface area contributed by atoms with Crippen LogP contribution < -0.4 is 5.43 Å². The Hall–Kier alpha value is -1.55. The molecule has 0 spiro atoms. The molecule has 0 aliphatic carbocycles. The second kappa shape index (κ2) is 5.24. The van der Waals surface area contributed by atoms with E-state index in [9.17, 15) is 4.79 Å². The van der Waals surface area contributed by atoms with E-state index in [0.29, 0.717) is 5.02 Å². The van der Waals surface area contributed by atoms with Crippen LogP contribution >= 0.6 is 11.6 Å². The Morgan fingerprint density at radius 1 is 1.50 bits per heavy atom. The van der Waals surface area contributed by atoms with E-state index in [2.05, 4.69) is 15.3 Å². The summed E-state index contributed by atoms with van der Waals surface area (Å²) < 4.78 is 4.32. The fourth-order valence-electron chi connectivity index (χ4n) is 0.754. The van der Waals surface area contributed by atoms with Gasteiger partial charge >= 0.3 is 6.09 Å². The summed E-state index contributed by atoms with van der Waals surface area (Å²) in [6.07, 6.45) is 0.892. The molecule has 5 heteroatoms. The molecule has 0 saturated heterocycles. The number of hydrogen-bond donors (Lipinski definition) is 1. The van der Waals surface area contributed by atoms with Crippen molar-refractivity contribution in [3.63, 3.8) is 0 Å². The molecular formula is C9H9ClN2O2. The fraction of sp³-hybridized carbons (Fsp3) is 0.111. The number of ether oxygens (including phenoxy) is 1. The van der Waals surface area contributed by atoms with Gasteiger partial charge in [0.15, 0.2) is 0 Å². The molecule has 0 aliphatic heterocycles. The number of hydrogen-bond acceptors (Lipinski definition) is 3. The highest BCUT2D eigenvalue weighted by Crippen LogP contribution is 2.07. The molecule has 0 aromatic heterocycles. The third-order valence-corrected chi connectivity index (χ3v) is 1.68. The number of methoxy groups -OCH3 is 1. The van der Waals surface area contributed by atoms with Crippen molar-refractivity contribution in [3.05, 3.63) is 34.9 Å². The zero-order valence-electron chi connectivity index (χ0n) is 7.53. The summed E-state index contributed by atoms with van der Waals surface area (Å²) in [5.41, 5.74) is 3.01. The standard InChI is InChI=1S/C9H9ClN2O2/c1-14-9(13)12-11-6-7-2-4-8(10)5-3-7/h2-6H,1H3,(H,12,13)/b11-6-. The SMILES string of the molecule is COC(=O)N/N=C\c1ccc(Cl)cc1. The third kappa shape index (κ3) is 3.45. The summed E-state index contributed by atoms with van der Waals surface area (Å²) >= 11 is 5.68. The van der Waals surface area contributed by atoms with Crippen LogP contribution in [0.3, 0.4) is 0 Å². The Morgan fingerprint density at radius 3 is 2.71 bits per heavy atom. The van der Waals surface area contributed by atoms with E-state index in [1.807, 2.05) is 0 Å². The van der Waals surface area contributed by atoms with Gasteiger partial charge in [0.25, 0.3) is 0 Å². The van der Waals surface area contributed by atoms with Gasteiger partial charge in [0, 0.05) is 5.02 Å². The van der Waals surface area contributed by atoms with E-state index in [1.165, 1.54) is 13.3 Å². The van der Waals surface area contributed by atoms with Gasteiger partial charge in [-0.1, -0.05) is 23.7 Å². The lowest BCUT2D eigenvalue weighted by Gasteiger charge is -1.95. The molecule has 0 heterocycles. The Balaban J connectivity index is 2.52. The fourth-order valence-corrected chi connectivity index (χ4v) is 0.880. The van der Waals surface area contributed by atoms with Crippen molar-refractivity contribution >= 4 is 23.9 Å². The Labute approximate surface area is 86.5 Å². The maximum absolute atomic E-state index is 10.6. The summed E-state index contributed by atoms with van der Waals surface area (Å²) in [5, 5.41) is 4.31. The van der Waals surface area contributed by atoms with Crippen LogP contribution in [-0.4, -0.2) is 19.4 Å². The number of rotatable bonds is 2. The summed E-state index contributed by atoms with van der Waals surface area (Å²) in [4.78, 5) is 10.6. The number of carbonyl (C=O) groups excluding carboxylic acids is 1. The van der Waals surface area contributed by atoms with Gasteiger partial charge in [0.1, 0.15) is 0 Å². The van der Waals surface area contributed by atoms with E-state index in [1.54, 1.807) is 24.3 Å². The predicted molar refractivity (Wildman–Crippen MR) is 54.6 cm³/mol. The van der Waals surface area contributed by atoms with Crippen LogP contribution in [0.2, 0.25) is 5.02 Å². The zero-order valence-corrected chi connectivity index (χ0v) is 8.28. The van der Waals surface area contributed by atoms with Crippen LogP contribution in [0, 0.1) is 0 Å². The van der Waals surface area contributed by atoms with Gasteiger partial charge < -0.3 is 4.74 Å². The average molecular weight is 213 g/mol. The molecule has 0 bridgehead atoms. The molecule has 0 fully saturated rings. The Kier molecular flexibility index (Phi) is 3.94. The highest BCUT2D eigenvalue weighted by molar-refractivity contribution is 6.30. The molecule has 0 radical (unpaired) electrons. The quantitative estimate of drug-likeness (QED) is 0.603. The summed E-state index contributed by atoms with van der Waals surface area (Å²) in [7, 11) is 1.27. The molecule has 1 aromatic rings. The van der Waals surface area contributed by atoms with Gasteiger partial charge in [-0.05, 0) is 17.7 Å². The van der Waals surface area contributed by atoms with Crippen molar-refractivity contribution in [1.82, 2.24) is 5.43 Å². The van der Waals surface area contributed by atoms with Crippen molar-refractivity contribution in [2.45, 2.75) is 0 Å². The van der Waals surface area contributed by atoms with Gasteiger partial charge in [-0.15, -0.1) is 0 Å². The molecule has 0 atom stereocenters. The van der Waals surface area contributed by atoms with Gasteiger partial charge in [-0.2, -0.15) is 5.10 Å². The highest BCUT2D eigenvalue weighted by atomic mass is 35.5. The van der Waals surface area contributed by atoms with Gasteiger partial charge in [0.05, 0.1) is 13.3 Å². The Morgan fingerprint density at radius 2 is 2.14 bits per heavy atom. The molecule has 1 aromatic carbocycles. The summed E-state index contributed by atoms with van der Waals surface area (Å²) in [6.45, 7) is 0. The monoisotopic (exact) mass is 212 g/mol. The molecule has 1 rings (SSSR count). The van der Waals surface area contributed by atoms with Crippen LogP contribution in [0.5, 0.6) is 0 Å². The van der Waals surface area contributed by atoms with E-state index < -0.39 is 6.09 Å². The first-order valence-electron chi connectivity index (χ1n) is 3.85. The number of carbonyl (C=O) groups is 1. The molecule has 0 saturated carbocycles. The second-order valence-corrected chi connectivity index (χ2v) is 2.85. The molecule has 0 unspecified atom stereocenters. The van der Waals surface area contributed by atoms with Crippen molar-refractivity contribution < 1.29 is 9.53 Å². The number of amides is 1. The lowest BCUT2D eigenvalue weighted by molar-refractivity contribution is 0.171. The van der Waals surface area contributed by atoms with Crippen LogP contribution in [0.15, 0.2) is 29.4 Å². The number of hydrazone groups is 1. The van der Waals surface area contributed by atoms with E-state index >= 15 is 0 Å². The minimum Gasteiger partial charge on any atom is -0.452 e. The maximum Gasteiger partial charge on any atom is 0.427 e. The topological polar surface area (TPSA) is 50.7 Å². The van der Waals surface area contributed by atoms with Crippen molar-refractivity contribution in [1.29, 1.82) is 0 Å². The molecule has 1 N–H and O–H groups in total. The largest absolute Gasteiger partial charge is 0.452 e. The second-order valence-electron chi connectivity index (χ2n) is 2.41. The van der Waals surface area contributed by atoms with Gasteiger partial charge in [0.2, 0.25) is 0 Å². The lowest BCUT2D eigenvalue weighted by atomic mass is 10.2.